The number of phenolic OH excluding ortho intramolecular Hbond substituents is 1. The predicted molar refractivity (Wildman–Crippen MR) is 61.3 cm³/mol. The Hall–Kier alpha value is -1.59. The van der Waals surface area contributed by atoms with Gasteiger partial charge in [0.2, 0.25) is 5.91 Å². The summed E-state index contributed by atoms with van der Waals surface area (Å²) in [5.74, 6) is -0.114. The second kappa shape index (κ2) is 6.09. The SMILES string of the molecule is Cc1ccc(NC(=O)COCCN)cc1O. The van der Waals surface area contributed by atoms with Gasteiger partial charge in [-0.15, -0.1) is 0 Å². The molecule has 0 fully saturated rings. The smallest absolute Gasteiger partial charge is 0.250 e. The van der Waals surface area contributed by atoms with Crippen molar-refractivity contribution in [2.24, 2.45) is 5.73 Å². The van der Waals surface area contributed by atoms with Gasteiger partial charge in [0.25, 0.3) is 0 Å². The van der Waals surface area contributed by atoms with Crippen LogP contribution in [0.4, 0.5) is 5.69 Å². The number of phenols is 1. The second-order valence-corrected chi connectivity index (χ2v) is 3.39. The molecule has 5 nitrogen and oxygen atoms in total. The summed E-state index contributed by atoms with van der Waals surface area (Å²) >= 11 is 0. The third kappa shape index (κ3) is 3.88. The molecule has 88 valence electrons. The number of aryl methyl sites for hydroxylation is 1. The van der Waals surface area contributed by atoms with E-state index in [9.17, 15) is 9.90 Å². The van der Waals surface area contributed by atoms with E-state index in [0.29, 0.717) is 18.8 Å². The van der Waals surface area contributed by atoms with Gasteiger partial charge < -0.3 is 20.9 Å². The Kier molecular flexibility index (Phi) is 4.75. The van der Waals surface area contributed by atoms with Gasteiger partial charge in [-0.1, -0.05) is 6.07 Å². The maximum Gasteiger partial charge on any atom is 0.250 e. The highest BCUT2D eigenvalue weighted by molar-refractivity contribution is 5.91. The molecule has 0 saturated heterocycles. The lowest BCUT2D eigenvalue weighted by Crippen LogP contribution is -2.20. The van der Waals surface area contributed by atoms with Crippen molar-refractivity contribution in [1.82, 2.24) is 0 Å². The molecule has 0 unspecified atom stereocenters. The average Bonchev–Trinajstić information content (AvgIpc) is 2.24. The minimum absolute atomic E-state index is 0.0359. The first-order chi connectivity index (χ1) is 7.63. The van der Waals surface area contributed by atoms with Crippen LogP contribution in [0.3, 0.4) is 0 Å². The lowest BCUT2D eigenvalue weighted by Gasteiger charge is -2.07. The van der Waals surface area contributed by atoms with E-state index < -0.39 is 0 Å². The van der Waals surface area contributed by atoms with Crippen LogP contribution in [-0.2, 0) is 9.53 Å². The lowest BCUT2D eigenvalue weighted by atomic mass is 10.2. The molecule has 0 heterocycles. The summed E-state index contributed by atoms with van der Waals surface area (Å²) in [5, 5.41) is 12.0. The van der Waals surface area contributed by atoms with E-state index in [-0.39, 0.29) is 18.3 Å². The molecule has 5 heteroatoms. The molecule has 0 bridgehead atoms. The van der Waals surface area contributed by atoms with E-state index in [1.54, 1.807) is 19.1 Å². The number of carbonyl (C=O) groups excluding carboxylic acids is 1. The van der Waals surface area contributed by atoms with Crippen LogP contribution < -0.4 is 11.1 Å². The van der Waals surface area contributed by atoms with Crippen molar-refractivity contribution in [3.63, 3.8) is 0 Å². The summed E-state index contributed by atoms with van der Waals surface area (Å²) < 4.78 is 4.97. The molecule has 16 heavy (non-hydrogen) atoms. The van der Waals surface area contributed by atoms with Crippen molar-refractivity contribution < 1.29 is 14.6 Å². The Morgan fingerprint density at radius 3 is 2.94 bits per heavy atom. The zero-order valence-electron chi connectivity index (χ0n) is 9.19. The van der Waals surface area contributed by atoms with Crippen molar-refractivity contribution in [3.8, 4) is 5.75 Å². The van der Waals surface area contributed by atoms with Crippen molar-refractivity contribution in [2.45, 2.75) is 6.92 Å². The fourth-order valence-electron chi connectivity index (χ4n) is 1.13. The van der Waals surface area contributed by atoms with Gasteiger partial charge in [-0.3, -0.25) is 4.79 Å². The number of hydrogen-bond donors (Lipinski definition) is 3. The van der Waals surface area contributed by atoms with Crippen LogP contribution in [-0.4, -0.2) is 30.8 Å². The number of ether oxygens (including phenoxy) is 1. The second-order valence-electron chi connectivity index (χ2n) is 3.39. The molecule has 0 aliphatic heterocycles. The number of benzene rings is 1. The van der Waals surface area contributed by atoms with Crippen molar-refractivity contribution in [1.29, 1.82) is 0 Å². The standard InChI is InChI=1S/C11H16N2O3/c1-8-2-3-9(6-10(8)14)13-11(15)7-16-5-4-12/h2-3,6,14H,4-5,7,12H2,1H3,(H,13,15). The number of carbonyl (C=O) groups is 1. The van der Waals surface area contributed by atoms with Gasteiger partial charge in [0.05, 0.1) is 6.61 Å². The molecule has 1 aromatic carbocycles. The summed E-state index contributed by atoms with van der Waals surface area (Å²) in [7, 11) is 0. The van der Waals surface area contributed by atoms with Crippen LogP contribution >= 0.6 is 0 Å². The number of rotatable bonds is 5. The van der Waals surface area contributed by atoms with Gasteiger partial charge in [-0.2, -0.15) is 0 Å². The third-order valence-corrected chi connectivity index (χ3v) is 1.99. The molecule has 0 saturated carbocycles. The Labute approximate surface area is 94.2 Å². The summed E-state index contributed by atoms with van der Waals surface area (Å²) in [6, 6.07) is 4.94. The topological polar surface area (TPSA) is 84.6 Å². The van der Waals surface area contributed by atoms with E-state index >= 15 is 0 Å². The molecule has 0 spiro atoms. The lowest BCUT2D eigenvalue weighted by molar-refractivity contribution is -0.120. The summed E-state index contributed by atoms with van der Waals surface area (Å²) in [5.41, 5.74) is 6.52. The summed E-state index contributed by atoms with van der Waals surface area (Å²) in [4.78, 5) is 11.3. The van der Waals surface area contributed by atoms with Gasteiger partial charge in [-0.05, 0) is 18.6 Å². The van der Waals surface area contributed by atoms with Gasteiger partial charge in [0.15, 0.2) is 0 Å². The molecule has 0 aliphatic carbocycles. The maximum absolute atomic E-state index is 11.3. The van der Waals surface area contributed by atoms with Gasteiger partial charge in [0, 0.05) is 18.3 Å². The zero-order chi connectivity index (χ0) is 12.0. The summed E-state index contributed by atoms with van der Waals surface area (Å²) in [6.45, 7) is 2.49. The molecule has 0 radical (unpaired) electrons. The molecule has 0 aromatic heterocycles. The Balaban J connectivity index is 2.46. The van der Waals surface area contributed by atoms with Crippen molar-refractivity contribution in [3.05, 3.63) is 23.8 Å². The highest BCUT2D eigenvalue weighted by Crippen LogP contribution is 2.20. The van der Waals surface area contributed by atoms with E-state index in [4.69, 9.17) is 10.5 Å². The zero-order valence-corrected chi connectivity index (χ0v) is 9.19. The minimum Gasteiger partial charge on any atom is -0.508 e. The predicted octanol–water partition coefficient (Wildman–Crippen LogP) is 0.614. The Morgan fingerprint density at radius 1 is 1.56 bits per heavy atom. The quantitative estimate of drug-likeness (QED) is 0.640. The first-order valence-corrected chi connectivity index (χ1v) is 5.00. The number of anilines is 1. The Morgan fingerprint density at radius 2 is 2.31 bits per heavy atom. The first-order valence-electron chi connectivity index (χ1n) is 5.00. The fourth-order valence-corrected chi connectivity index (χ4v) is 1.13. The van der Waals surface area contributed by atoms with Gasteiger partial charge in [-0.25, -0.2) is 0 Å². The molecule has 0 aliphatic rings. The van der Waals surface area contributed by atoms with E-state index in [1.165, 1.54) is 6.07 Å². The monoisotopic (exact) mass is 224 g/mol. The average molecular weight is 224 g/mol. The van der Waals surface area contributed by atoms with Crippen molar-refractivity contribution in [2.75, 3.05) is 25.1 Å². The number of hydrogen-bond acceptors (Lipinski definition) is 4. The largest absolute Gasteiger partial charge is 0.508 e. The highest BCUT2D eigenvalue weighted by atomic mass is 16.5. The normalized spacial score (nSPS) is 10.1. The van der Waals surface area contributed by atoms with Gasteiger partial charge in [0.1, 0.15) is 12.4 Å². The molecule has 1 amide bonds. The van der Waals surface area contributed by atoms with Crippen LogP contribution in [0.2, 0.25) is 0 Å². The van der Waals surface area contributed by atoms with Crippen LogP contribution in [0.5, 0.6) is 5.75 Å². The van der Waals surface area contributed by atoms with Crippen molar-refractivity contribution >= 4 is 11.6 Å². The van der Waals surface area contributed by atoms with Crippen LogP contribution in [0.1, 0.15) is 5.56 Å². The molecule has 1 rings (SSSR count). The third-order valence-electron chi connectivity index (χ3n) is 1.99. The first kappa shape index (κ1) is 12.5. The van der Waals surface area contributed by atoms with E-state index in [1.807, 2.05) is 0 Å². The fraction of sp³-hybridized carbons (Fsp3) is 0.364. The molecule has 4 N–H and O–H groups in total. The highest BCUT2D eigenvalue weighted by Gasteiger charge is 2.03. The van der Waals surface area contributed by atoms with E-state index in [0.717, 1.165) is 5.56 Å². The Bertz CT molecular complexity index is 366. The maximum atomic E-state index is 11.3. The van der Waals surface area contributed by atoms with E-state index in [2.05, 4.69) is 5.32 Å². The number of aromatic hydroxyl groups is 1. The molecular weight excluding hydrogens is 208 g/mol. The van der Waals surface area contributed by atoms with Crippen LogP contribution in [0.25, 0.3) is 0 Å². The van der Waals surface area contributed by atoms with Gasteiger partial charge >= 0.3 is 0 Å². The number of nitrogens with two attached hydrogens (primary N) is 1. The molecule has 0 atom stereocenters. The summed E-state index contributed by atoms with van der Waals surface area (Å²) in [6.07, 6.45) is 0. The number of nitrogens with one attached hydrogen (secondary N) is 1. The van der Waals surface area contributed by atoms with Crippen LogP contribution in [0, 0.1) is 6.92 Å². The molecule has 1 aromatic rings. The molecular formula is C11H16N2O3. The number of amides is 1. The minimum atomic E-state index is -0.267. The van der Waals surface area contributed by atoms with Crippen LogP contribution in [0.15, 0.2) is 18.2 Å².